The van der Waals surface area contributed by atoms with Crippen LogP contribution in [0.3, 0.4) is 0 Å². The van der Waals surface area contributed by atoms with Gasteiger partial charge in [-0.2, -0.15) is 0 Å². The van der Waals surface area contributed by atoms with Crippen LogP contribution < -0.4 is 16.2 Å². The van der Waals surface area contributed by atoms with E-state index in [-0.39, 0.29) is 11.5 Å². The van der Waals surface area contributed by atoms with Gasteiger partial charge in [0.05, 0.1) is 17.6 Å². The zero-order valence-electron chi connectivity index (χ0n) is 20.1. The van der Waals surface area contributed by atoms with Crippen molar-refractivity contribution in [3.8, 4) is 11.3 Å². The number of aryl methyl sites for hydroxylation is 2. The van der Waals surface area contributed by atoms with E-state index in [0.717, 1.165) is 22.5 Å². The Labute approximate surface area is 207 Å². The van der Waals surface area contributed by atoms with Crippen LogP contribution in [0.4, 0.5) is 17.3 Å². The van der Waals surface area contributed by atoms with E-state index >= 15 is 0 Å². The number of aromatic nitrogens is 4. The monoisotopic (exact) mass is 476 g/mol. The van der Waals surface area contributed by atoms with Crippen LogP contribution in [0.2, 0.25) is 0 Å². The minimum atomic E-state index is -0.242. The molecule has 0 aliphatic heterocycles. The summed E-state index contributed by atoms with van der Waals surface area (Å²) in [5, 5.41) is 6.65. The number of hydrogen-bond acceptors (Lipinski definition) is 6. The topological polar surface area (TPSA) is 102 Å². The lowest BCUT2D eigenvalue weighted by atomic mass is 10.0. The van der Waals surface area contributed by atoms with Gasteiger partial charge in [-0.3, -0.25) is 14.6 Å². The normalized spacial score (nSPS) is 10.9. The lowest BCUT2D eigenvalue weighted by molar-refractivity contribution is 0.102. The van der Waals surface area contributed by atoms with Crippen LogP contribution in [-0.2, 0) is 7.05 Å². The molecule has 0 fully saturated rings. The third-order valence-electron chi connectivity index (χ3n) is 5.95. The standard InChI is InChI=1S/C28H24N6O2/c1-17-9-11-21(31-26(35)19-7-5-4-6-8-19)14-23(17)24-13-20-15-30-28(33-25(20)27(36)34(24)3)32-22-12-10-18(2)29-16-22/h4-16H,1-3H3,(H,31,35)(H,30,32,33). The van der Waals surface area contributed by atoms with E-state index < -0.39 is 0 Å². The second kappa shape index (κ2) is 9.42. The fourth-order valence-electron chi connectivity index (χ4n) is 3.94. The third-order valence-corrected chi connectivity index (χ3v) is 5.95. The number of nitrogens with one attached hydrogen (secondary N) is 2. The third kappa shape index (κ3) is 4.56. The average molecular weight is 477 g/mol. The second-order valence-corrected chi connectivity index (χ2v) is 8.55. The maximum Gasteiger partial charge on any atom is 0.277 e. The Kier molecular flexibility index (Phi) is 6.00. The fraction of sp³-hybridized carbons (Fsp3) is 0.107. The summed E-state index contributed by atoms with van der Waals surface area (Å²) in [6.45, 7) is 3.87. The van der Waals surface area contributed by atoms with E-state index in [9.17, 15) is 9.59 Å². The van der Waals surface area contributed by atoms with E-state index in [1.807, 2.05) is 68.4 Å². The number of carbonyl (C=O) groups is 1. The summed E-state index contributed by atoms with van der Waals surface area (Å²) in [7, 11) is 1.71. The number of anilines is 3. The van der Waals surface area contributed by atoms with Gasteiger partial charge in [0.1, 0.15) is 5.52 Å². The molecule has 1 amide bonds. The summed E-state index contributed by atoms with van der Waals surface area (Å²) in [6, 6.07) is 20.3. The molecule has 3 heterocycles. The van der Waals surface area contributed by atoms with E-state index in [0.29, 0.717) is 33.8 Å². The van der Waals surface area contributed by atoms with Gasteiger partial charge in [-0.25, -0.2) is 9.97 Å². The Bertz CT molecular complexity index is 1640. The highest BCUT2D eigenvalue weighted by molar-refractivity contribution is 6.04. The molecule has 2 N–H and O–H groups in total. The smallest absolute Gasteiger partial charge is 0.277 e. The van der Waals surface area contributed by atoms with Gasteiger partial charge in [0, 0.05) is 41.1 Å². The Balaban J connectivity index is 1.50. The van der Waals surface area contributed by atoms with E-state index in [2.05, 4.69) is 25.6 Å². The molecule has 0 aliphatic carbocycles. The summed E-state index contributed by atoms with van der Waals surface area (Å²) in [5.74, 6) is 0.120. The second-order valence-electron chi connectivity index (χ2n) is 8.55. The first-order valence-corrected chi connectivity index (χ1v) is 11.4. The van der Waals surface area contributed by atoms with Gasteiger partial charge in [0.15, 0.2) is 0 Å². The molecule has 8 nitrogen and oxygen atoms in total. The zero-order chi connectivity index (χ0) is 25.2. The van der Waals surface area contributed by atoms with Crippen molar-refractivity contribution in [2.45, 2.75) is 13.8 Å². The molecule has 3 aromatic heterocycles. The Hall–Kier alpha value is -4.85. The number of amides is 1. The van der Waals surface area contributed by atoms with Crippen molar-refractivity contribution in [3.63, 3.8) is 0 Å². The molecule has 0 atom stereocenters. The van der Waals surface area contributed by atoms with Crippen molar-refractivity contribution in [1.82, 2.24) is 19.5 Å². The van der Waals surface area contributed by atoms with Crippen LogP contribution in [0, 0.1) is 13.8 Å². The van der Waals surface area contributed by atoms with Gasteiger partial charge in [-0.05, 0) is 61.9 Å². The molecule has 0 radical (unpaired) electrons. The highest BCUT2D eigenvalue weighted by Crippen LogP contribution is 2.28. The van der Waals surface area contributed by atoms with Crippen molar-refractivity contribution >= 4 is 34.1 Å². The number of benzene rings is 2. The minimum absolute atomic E-state index is 0.199. The molecule has 8 heteroatoms. The lowest BCUT2D eigenvalue weighted by Gasteiger charge is -2.15. The van der Waals surface area contributed by atoms with Crippen molar-refractivity contribution in [1.29, 1.82) is 0 Å². The maximum atomic E-state index is 13.3. The summed E-state index contributed by atoms with van der Waals surface area (Å²) in [6.07, 6.45) is 3.32. The van der Waals surface area contributed by atoms with Crippen molar-refractivity contribution in [2.75, 3.05) is 10.6 Å². The van der Waals surface area contributed by atoms with Crippen LogP contribution in [0.1, 0.15) is 21.6 Å². The van der Waals surface area contributed by atoms with Crippen LogP contribution >= 0.6 is 0 Å². The zero-order valence-corrected chi connectivity index (χ0v) is 20.1. The predicted molar refractivity (Wildman–Crippen MR) is 142 cm³/mol. The number of hydrogen-bond donors (Lipinski definition) is 2. The van der Waals surface area contributed by atoms with Crippen LogP contribution in [0.25, 0.3) is 22.2 Å². The number of nitrogens with zero attached hydrogens (tertiary/aromatic N) is 4. The van der Waals surface area contributed by atoms with Crippen molar-refractivity contribution < 1.29 is 4.79 Å². The van der Waals surface area contributed by atoms with Crippen LogP contribution in [0.5, 0.6) is 0 Å². The number of fused-ring (bicyclic) bond motifs is 1. The maximum absolute atomic E-state index is 13.3. The molecule has 0 saturated heterocycles. The predicted octanol–water partition coefficient (Wildman–Crippen LogP) is 5.00. The SMILES string of the molecule is Cc1ccc(Nc2ncc3cc(-c4cc(NC(=O)c5ccccc5)ccc4C)n(C)c(=O)c3n2)cn1. The van der Waals surface area contributed by atoms with Gasteiger partial charge in [0.2, 0.25) is 5.95 Å². The van der Waals surface area contributed by atoms with Crippen LogP contribution in [0.15, 0.2) is 83.9 Å². The Morgan fingerprint density at radius 3 is 2.42 bits per heavy atom. The molecular weight excluding hydrogens is 452 g/mol. The lowest BCUT2D eigenvalue weighted by Crippen LogP contribution is -2.20. The number of rotatable bonds is 5. The average Bonchev–Trinajstić information content (AvgIpc) is 2.89. The van der Waals surface area contributed by atoms with E-state index in [4.69, 9.17) is 0 Å². The summed E-state index contributed by atoms with van der Waals surface area (Å²) < 4.78 is 1.57. The molecule has 0 aliphatic rings. The van der Waals surface area contributed by atoms with Crippen molar-refractivity contribution in [2.24, 2.45) is 7.05 Å². The summed E-state index contributed by atoms with van der Waals surface area (Å²) in [5.41, 5.74) is 5.41. The molecule has 0 saturated carbocycles. The largest absolute Gasteiger partial charge is 0.323 e. The molecule has 36 heavy (non-hydrogen) atoms. The first-order valence-electron chi connectivity index (χ1n) is 11.4. The van der Waals surface area contributed by atoms with Crippen molar-refractivity contribution in [3.05, 3.63) is 106 Å². The number of carbonyl (C=O) groups excluding carboxylic acids is 1. The molecule has 0 spiro atoms. The van der Waals surface area contributed by atoms with Crippen LogP contribution in [-0.4, -0.2) is 25.4 Å². The minimum Gasteiger partial charge on any atom is -0.323 e. The fourth-order valence-corrected chi connectivity index (χ4v) is 3.94. The Morgan fingerprint density at radius 2 is 1.67 bits per heavy atom. The highest BCUT2D eigenvalue weighted by Gasteiger charge is 2.14. The highest BCUT2D eigenvalue weighted by atomic mass is 16.1. The molecule has 2 aromatic carbocycles. The first kappa shape index (κ1) is 22.9. The molecule has 178 valence electrons. The van der Waals surface area contributed by atoms with E-state index in [1.165, 1.54) is 0 Å². The first-order chi connectivity index (χ1) is 17.4. The summed E-state index contributed by atoms with van der Waals surface area (Å²) >= 11 is 0. The molecule has 0 bridgehead atoms. The molecule has 0 unspecified atom stereocenters. The van der Waals surface area contributed by atoms with Gasteiger partial charge >= 0.3 is 0 Å². The van der Waals surface area contributed by atoms with Gasteiger partial charge < -0.3 is 15.2 Å². The van der Waals surface area contributed by atoms with Gasteiger partial charge in [0.25, 0.3) is 11.5 Å². The Morgan fingerprint density at radius 1 is 0.889 bits per heavy atom. The molecule has 5 aromatic rings. The molecular formula is C28H24N6O2. The number of pyridine rings is 2. The molecule has 5 rings (SSSR count). The summed E-state index contributed by atoms with van der Waals surface area (Å²) in [4.78, 5) is 39.0. The van der Waals surface area contributed by atoms with Gasteiger partial charge in [-0.15, -0.1) is 0 Å². The van der Waals surface area contributed by atoms with E-state index in [1.54, 1.807) is 36.1 Å². The van der Waals surface area contributed by atoms with Gasteiger partial charge in [-0.1, -0.05) is 24.3 Å². The quantitative estimate of drug-likeness (QED) is 0.370.